The van der Waals surface area contributed by atoms with E-state index in [9.17, 15) is 9.18 Å². The first kappa shape index (κ1) is 19.1. The van der Waals surface area contributed by atoms with Crippen LogP contribution in [-0.4, -0.2) is 46.3 Å². The van der Waals surface area contributed by atoms with Gasteiger partial charge >= 0.3 is 0 Å². The van der Waals surface area contributed by atoms with Crippen LogP contribution < -0.4 is 10.1 Å². The fourth-order valence-electron chi connectivity index (χ4n) is 3.47. The van der Waals surface area contributed by atoms with Gasteiger partial charge in [0.15, 0.2) is 0 Å². The SMILES string of the molecule is CC1CNCCN1C(=O)Cn1nccc1-c1ccc(Oc2ccc(F)cc2)cc1. The highest BCUT2D eigenvalue weighted by atomic mass is 19.1. The number of rotatable bonds is 5. The lowest BCUT2D eigenvalue weighted by atomic mass is 10.1. The van der Waals surface area contributed by atoms with Crippen LogP contribution in [0.5, 0.6) is 11.5 Å². The molecule has 1 saturated heterocycles. The molecule has 1 unspecified atom stereocenters. The lowest BCUT2D eigenvalue weighted by Gasteiger charge is -2.34. The second-order valence-corrected chi connectivity index (χ2v) is 7.09. The standard InChI is InChI=1S/C22H23FN4O2/c1-16-14-24-12-13-26(16)22(28)15-27-21(10-11-25-27)17-2-6-19(7-3-17)29-20-8-4-18(23)5-9-20/h2-11,16,24H,12-15H2,1H3. The summed E-state index contributed by atoms with van der Waals surface area (Å²) in [5.74, 6) is 0.989. The molecular formula is C22H23FN4O2. The molecule has 1 aliphatic rings. The zero-order valence-corrected chi connectivity index (χ0v) is 16.2. The van der Waals surface area contributed by atoms with E-state index >= 15 is 0 Å². The summed E-state index contributed by atoms with van der Waals surface area (Å²) in [4.78, 5) is 14.6. The number of piperazine rings is 1. The lowest BCUT2D eigenvalue weighted by molar-refractivity contribution is -0.134. The molecule has 2 heterocycles. The van der Waals surface area contributed by atoms with Gasteiger partial charge in [0.05, 0.1) is 5.69 Å². The Labute approximate surface area is 168 Å². The van der Waals surface area contributed by atoms with Crippen molar-refractivity contribution >= 4 is 5.91 Å². The summed E-state index contributed by atoms with van der Waals surface area (Å²) >= 11 is 0. The van der Waals surface area contributed by atoms with Gasteiger partial charge in [-0.2, -0.15) is 5.10 Å². The third-order valence-corrected chi connectivity index (χ3v) is 5.02. The van der Waals surface area contributed by atoms with Gasteiger partial charge in [-0.1, -0.05) is 0 Å². The van der Waals surface area contributed by atoms with Gasteiger partial charge in [0, 0.05) is 37.4 Å². The molecule has 0 spiro atoms. The van der Waals surface area contributed by atoms with Gasteiger partial charge in [-0.15, -0.1) is 0 Å². The molecule has 150 valence electrons. The number of ether oxygens (including phenoxy) is 1. The first-order valence-electron chi connectivity index (χ1n) is 9.66. The van der Waals surface area contributed by atoms with E-state index in [1.807, 2.05) is 42.2 Å². The fourth-order valence-corrected chi connectivity index (χ4v) is 3.47. The van der Waals surface area contributed by atoms with E-state index < -0.39 is 0 Å². The molecular weight excluding hydrogens is 371 g/mol. The molecule has 7 heteroatoms. The van der Waals surface area contributed by atoms with E-state index in [2.05, 4.69) is 10.4 Å². The molecule has 1 atom stereocenters. The number of carbonyl (C=O) groups excluding carboxylic acids is 1. The molecule has 0 radical (unpaired) electrons. The Morgan fingerprint density at radius 3 is 2.52 bits per heavy atom. The normalized spacial score (nSPS) is 16.6. The van der Waals surface area contributed by atoms with Crippen LogP contribution in [0.4, 0.5) is 4.39 Å². The summed E-state index contributed by atoms with van der Waals surface area (Å²) in [6, 6.07) is 15.5. The van der Waals surface area contributed by atoms with E-state index in [1.165, 1.54) is 12.1 Å². The Morgan fingerprint density at radius 1 is 1.14 bits per heavy atom. The van der Waals surface area contributed by atoms with Gasteiger partial charge in [0.25, 0.3) is 0 Å². The summed E-state index contributed by atoms with van der Waals surface area (Å²) in [7, 11) is 0. The van der Waals surface area contributed by atoms with E-state index in [0.29, 0.717) is 18.0 Å². The molecule has 1 amide bonds. The largest absolute Gasteiger partial charge is 0.457 e. The highest BCUT2D eigenvalue weighted by molar-refractivity contribution is 5.77. The quantitative estimate of drug-likeness (QED) is 0.721. The molecule has 1 aromatic heterocycles. The summed E-state index contributed by atoms with van der Waals surface area (Å²) < 4.78 is 20.5. The minimum Gasteiger partial charge on any atom is -0.457 e. The first-order chi connectivity index (χ1) is 14.1. The van der Waals surface area contributed by atoms with Crippen molar-refractivity contribution in [2.45, 2.75) is 19.5 Å². The number of nitrogens with one attached hydrogen (secondary N) is 1. The number of carbonyl (C=O) groups is 1. The van der Waals surface area contributed by atoms with Gasteiger partial charge in [0.1, 0.15) is 23.9 Å². The molecule has 1 aliphatic heterocycles. The molecule has 1 N–H and O–H groups in total. The summed E-state index contributed by atoms with van der Waals surface area (Å²) in [5.41, 5.74) is 1.81. The van der Waals surface area contributed by atoms with Gasteiger partial charge in [-0.05, 0) is 61.5 Å². The van der Waals surface area contributed by atoms with Crippen LogP contribution in [-0.2, 0) is 11.3 Å². The Hall–Kier alpha value is -3.19. The van der Waals surface area contributed by atoms with Gasteiger partial charge < -0.3 is 15.0 Å². The summed E-state index contributed by atoms with van der Waals surface area (Å²) in [6.45, 7) is 4.60. The van der Waals surface area contributed by atoms with Crippen molar-refractivity contribution in [2.24, 2.45) is 0 Å². The molecule has 0 aliphatic carbocycles. The van der Waals surface area contributed by atoms with Crippen molar-refractivity contribution in [3.05, 3.63) is 66.6 Å². The van der Waals surface area contributed by atoms with E-state index in [1.54, 1.807) is 23.0 Å². The fraction of sp³-hybridized carbons (Fsp3) is 0.273. The predicted molar refractivity (Wildman–Crippen MR) is 108 cm³/mol. The number of nitrogens with zero attached hydrogens (tertiary/aromatic N) is 3. The smallest absolute Gasteiger partial charge is 0.244 e. The Kier molecular flexibility index (Phi) is 5.57. The zero-order chi connectivity index (χ0) is 20.2. The van der Waals surface area contributed by atoms with E-state index in [-0.39, 0.29) is 24.3 Å². The maximum Gasteiger partial charge on any atom is 0.244 e. The lowest BCUT2D eigenvalue weighted by Crippen LogP contribution is -2.53. The third-order valence-electron chi connectivity index (χ3n) is 5.02. The molecule has 0 bridgehead atoms. The van der Waals surface area contributed by atoms with Gasteiger partial charge in [-0.25, -0.2) is 4.39 Å². The Morgan fingerprint density at radius 2 is 1.83 bits per heavy atom. The van der Waals surface area contributed by atoms with Crippen molar-refractivity contribution in [3.63, 3.8) is 0 Å². The number of benzene rings is 2. The first-order valence-corrected chi connectivity index (χ1v) is 9.66. The average Bonchev–Trinajstić information content (AvgIpc) is 3.18. The molecule has 0 saturated carbocycles. The monoisotopic (exact) mass is 394 g/mol. The van der Waals surface area contributed by atoms with Crippen LogP contribution in [0.25, 0.3) is 11.3 Å². The topological polar surface area (TPSA) is 59.4 Å². The van der Waals surface area contributed by atoms with Crippen molar-refractivity contribution in [1.82, 2.24) is 20.0 Å². The number of halogens is 1. The highest BCUT2D eigenvalue weighted by Crippen LogP contribution is 2.26. The summed E-state index contributed by atoms with van der Waals surface area (Å²) in [5, 5.41) is 7.63. The number of hydrogen-bond donors (Lipinski definition) is 1. The Balaban J connectivity index is 1.46. The van der Waals surface area contributed by atoms with Crippen LogP contribution in [0.15, 0.2) is 60.8 Å². The molecule has 6 nitrogen and oxygen atoms in total. The predicted octanol–water partition coefficient (Wildman–Crippen LogP) is 3.30. The van der Waals surface area contributed by atoms with Gasteiger partial charge in [0.2, 0.25) is 5.91 Å². The van der Waals surface area contributed by atoms with Crippen LogP contribution >= 0.6 is 0 Å². The second kappa shape index (κ2) is 8.45. The zero-order valence-electron chi connectivity index (χ0n) is 16.2. The van der Waals surface area contributed by atoms with Crippen LogP contribution in [0.3, 0.4) is 0 Å². The van der Waals surface area contributed by atoms with E-state index in [0.717, 1.165) is 24.3 Å². The molecule has 1 fully saturated rings. The number of aromatic nitrogens is 2. The van der Waals surface area contributed by atoms with Crippen molar-refractivity contribution in [2.75, 3.05) is 19.6 Å². The minimum atomic E-state index is -0.300. The maximum absolute atomic E-state index is 13.0. The minimum absolute atomic E-state index is 0.0696. The van der Waals surface area contributed by atoms with Crippen molar-refractivity contribution < 1.29 is 13.9 Å². The maximum atomic E-state index is 13.0. The highest BCUT2D eigenvalue weighted by Gasteiger charge is 2.23. The van der Waals surface area contributed by atoms with Crippen LogP contribution in [0, 0.1) is 5.82 Å². The number of hydrogen-bond acceptors (Lipinski definition) is 4. The van der Waals surface area contributed by atoms with Crippen molar-refractivity contribution in [1.29, 1.82) is 0 Å². The van der Waals surface area contributed by atoms with E-state index in [4.69, 9.17) is 4.74 Å². The van der Waals surface area contributed by atoms with Crippen molar-refractivity contribution in [3.8, 4) is 22.8 Å². The molecule has 3 aromatic rings. The van der Waals surface area contributed by atoms with Crippen LogP contribution in [0.2, 0.25) is 0 Å². The molecule has 2 aromatic carbocycles. The number of amides is 1. The average molecular weight is 394 g/mol. The van der Waals surface area contributed by atoms with Gasteiger partial charge in [-0.3, -0.25) is 9.48 Å². The third kappa shape index (κ3) is 4.46. The summed E-state index contributed by atoms with van der Waals surface area (Å²) in [6.07, 6.45) is 1.70. The Bertz CT molecular complexity index is 969. The second-order valence-electron chi connectivity index (χ2n) is 7.09. The van der Waals surface area contributed by atoms with Crippen LogP contribution in [0.1, 0.15) is 6.92 Å². The molecule has 4 rings (SSSR count). The molecule has 29 heavy (non-hydrogen) atoms.